The molecule has 0 aromatic carbocycles. The first-order chi connectivity index (χ1) is 11.6. The molecular weight excluding hydrogens is 343 g/mol. The number of halogens is 2. The van der Waals surface area contributed by atoms with Crippen molar-refractivity contribution in [1.29, 1.82) is 0 Å². The summed E-state index contributed by atoms with van der Waals surface area (Å²) in [6.45, 7) is 2.01. The van der Waals surface area contributed by atoms with Gasteiger partial charge in [-0.25, -0.2) is 5.43 Å². The molecule has 0 aromatic rings. The second-order valence-corrected chi connectivity index (χ2v) is 9.14. The zero-order valence-corrected chi connectivity index (χ0v) is 16.2. The lowest BCUT2D eigenvalue weighted by molar-refractivity contribution is -0.129. The molecule has 6 atom stereocenters. The van der Waals surface area contributed by atoms with E-state index < -0.39 is 0 Å². The largest absolute Gasteiger partial charge is 0.273 e. The molecule has 0 heterocycles. The number of fused-ring (bicyclic) bond motifs is 1. The number of nitrogens with one attached hydrogen (secondary N) is 1. The second kappa shape index (κ2) is 8.40. The molecule has 0 aromatic heterocycles. The normalized spacial score (nSPS) is 40.7. The minimum absolute atomic E-state index is 0.00705. The van der Waals surface area contributed by atoms with Gasteiger partial charge in [-0.3, -0.25) is 4.79 Å². The van der Waals surface area contributed by atoms with E-state index in [2.05, 4.69) is 10.5 Å². The van der Waals surface area contributed by atoms with Gasteiger partial charge in [0.25, 0.3) is 0 Å². The van der Waals surface area contributed by atoms with Gasteiger partial charge in [0.05, 0.1) is 5.38 Å². The average molecular weight is 373 g/mol. The van der Waals surface area contributed by atoms with E-state index >= 15 is 0 Å². The molecule has 3 saturated carbocycles. The summed E-state index contributed by atoms with van der Waals surface area (Å²) in [5.41, 5.74) is 3.88. The first-order valence-electron chi connectivity index (χ1n) is 9.68. The Morgan fingerprint density at radius 2 is 1.71 bits per heavy atom. The van der Waals surface area contributed by atoms with E-state index in [0.717, 1.165) is 37.3 Å². The minimum atomic E-state index is 0.00705. The molecule has 0 radical (unpaired) electrons. The molecule has 1 amide bonds. The Morgan fingerprint density at radius 3 is 2.50 bits per heavy atom. The van der Waals surface area contributed by atoms with Crippen LogP contribution in [-0.2, 0) is 4.79 Å². The third-order valence-electron chi connectivity index (χ3n) is 6.54. The van der Waals surface area contributed by atoms with Crippen LogP contribution in [-0.4, -0.2) is 22.4 Å². The predicted molar refractivity (Wildman–Crippen MR) is 101 cm³/mol. The third-order valence-corrected chi connectivity index (χ3v) is 7.67. The molecule has 3 fully saturated rings. The van der Waals surface area contributed by atoms with Crippen molar-refractivity contribution in [3.05, 3.63) is 0 Å². The highest BCUT2D eigenvalue weighted by Gasteiger charge is 2.38. The average Bonchev–Trinajstić information content (AvgIpc) is 2.61. The van der Waals surface area contributed by atoms with E-state index in [1.165, 1.54) is 38.5 Å². The Balaban J connectivity index is 1.56. The number of rotatable bonds is 3. The first-order valence-corrected chi connectivity index (χ1v) is 10.6. The Morgan fingerprint density at radius 1 is 0.958 bits per heavy atom. The fourth-order valence-corrected chi connectivity index (χ4v) is 5.61. The number of carbonyl (C=O) groups is 1. The second-order valence-electron chi connectivity index (χ2n) is 8.02. The molecule has 1 N–H and O–H groups in total. The van der Waals surface area contributed by atoms with Crippen molar-refractivity contribution in [2.24, 2.45) is 28.8 Å². The molecule has 0 spiro atoms. The standard InChI is InChI=1S/C19H30Cl2N2O/c1-12(14-9-10-17(20)18(21)11-14)22-23-19(24)16-8-4-6-13-5-2-3-7-15(13)16/h13-18H,2-11H2,1H3,(H,23,24)/b22-12+. The molecule has 5 heteroatoms. The van der Waals surface area contributed by atoms with Gasteiger partial charge in [-0.1, -0.05) is 32.1 Å². The number of amides is 1. The van der Waals surface area contributed by atoms with Gasteiger partial charge in [0.15, 0.2) is 0 Å². The number of nitrogens with zero attached hydrogens (tertiary/aromatic N) is 1. The topological polar surface area (TPSA) is 41.5 Å². The van der Waals surface area contributed by atoms with Crippen molar-refractivity contribution in [2.45, 2.75) is 81.9 Å². The molecule has 3 aliphatic carbocycles. The van der Waals surface area contributed by atoms with Crippen molar-refractivity contribution < 1.29 is 4.79 Å². The number of hydrogen-bond acceptors (Lipinski definition) is 2. The van der Waals surface area contributed by atoms with Crippen LogP contribution in [0, 0.1) is 23.7 Å². The van der Waals surface area contributed by atoms with E-state index in [9.17, 15) is 4.79 Å². The lowest BCUT2D eigenvalue weighted by Crippen LogP contribution is -2.40. The van der Waals surface area contributed by atoms with E-state index in [4.69, 9.17) is 23.2 Å². The summed E-state index contributed by atoms with van der Waals surface area (Å²) < 4.78 is 0. The Kier molecular flexibility index (Phi) is 6.48. The Labute approximate surface area is 155 Å². The molecule has 0 aliphatic heterocycles. The van der Waals surface area contributed by atoms with Crippen molar-refractivity contribution in [1.82, 2.24) is 5.43 Å². The monoisotopic (exact) mass is 372 g/mol. The summed E-state index contributed by atoms with van der Waals surface area (Å²) in [4.78, 5) is 12.7. The van der Waals surface area contributed by atoms with Crippen LogP contribution in [0.25, 0.3) is 0 Å². The molecule has 3 rings (SSSR count). The molecule has 0 saturated heterocycles. The third kappa shape index (κ3) is 4.27. The zero-order chi connectivity index (χ0) is 17.1. The number of hydrogen-bond donors (Lipinski definition) is 1. The number of hydrazone groups is 1. The SMILES string of the molecule is C/C(=N\NC(=O)C1CCCC2CCCCC21)C1CCC(Cl)C(Cl)C1. The van der Waals surface area contributed by atoms with Crippen LogP contribution in [0.1, 0.15) is 71.1 Å². The van der Waals surface area contributed by atoms with E-state index in [-0.39, 0.29) is 22.6 Å². The summed E-state index contributed by atoms with van der Waals surface area (Å²) in [6.07, 6.45) is 11.5. The minimum Gasteiger partial charge on any atom is -0.273 e. The van der Waals surface area contributed by atoms with Gasteiger partial charge in [-0.15, -0.1) is 23.2 Å². The highest BCUT2D eigenvalue weighted by atomic mass is 35.5. The number of alkyl halides is 2. The van der Waals surface area contributed by atoms with Crippen molar-refractivity contribution in [3.63, 3.8) is 0 Å². The van der Waals surface area contributed by atoms with Crippen LogP contribution in [0.3, 0.4) is 0 Å². The maximum absolute atomic E-state index is 12.7. The zero-order valence-electron chi connectivity index (χ0n) is 14.6. The molecule has 24 heavy (non-hydrogen) atoms. The molecule has 6 unspecified atom stereocenters. The molecule has 3 aliphatic rings. The van der Waals surface area contributed by atoms with Crippen molar-refractivity contribution >= 4 is 34.8 Å². The lowest BCUT2D eigenvalue weighted by atomic mass is 9.65. The van der Waals surface area contributed by atoms with Gasteiger partial charge in [0, 0.05) is 22.9 Å². The van der Waals surface area contributed by atoms with Gasteiger partial charge < -0.3 is 0 Å². The Hall–Kier alpha value is -0.280. The van der Waals surface area contributed by atoms with Crippen LogP contribution in [0.15, 0.2) is 5.10 Å². The molecule has 136 valence electrons. The molecular formula is C19H30Cl2N2O. The maximum atomic E-state index is 12.7. The summed E-state index contributed by atoms with van der Waals surface area (Å²) in [7, 11) is 0. The first kappa shape index (κ1) is 18.5. The fourth-order valence-electron chi connectivity index (χ4n) is 5.04. The van der Waals surface area contributed by atoms with Crippen LogP contribution >= 0.6 is 23.2 Å². The van der Waals surface area contributed by atoms with Crippen LogP contribution in [0.5, 0.6) is 0 Å². The van der Waals surface area contributed by atoms with Gasteiger partial charge >= 0.3 is 0 Å². The van der Waals surface area contributed by atoms with E-state index in [0.29, 0.717) is 11.8 Å². The van der Waals surface area contributed by atoms with Gasteiger partial charge in [0.2, 0.25) is 5.91 Å². The summed E-state index contributed by atoms with van der Waals surface area (Å²) in [5.74, 6) is 2.00. The smallest absolute Gasteiger partial charge is 0.243 e. The molecule has 0 bridgehead atoms. The van der Waals surface area contributed by atoms with Crippen LogP contribution in [0.2, 0.25) is 0 Å². The summed E-state index contributed by atoms with van der Waals surface area (Å²) >= 11 is 12.5. The van der Waals surface area contributed by atoms with E-state index in [1.807, 2.05) is 6.92 Å². The highest BCUT2D eigenvalue weighted by molar-refractivity contribution is 6.30. The summed E-state index contributed by atoms with van der Waals surface area (Å²) in [6, 6.07) is 0. The predicted octanol–water partition coefficient (Wildman–Crippen LogP) is 5.10. The fraction of sp³-hybridized carbons (Fsp3) is 0.895. The van der Waals surface area contributed by atoms with Crippen LogP contribution < -0.4 is 5.43 Å². The molecule has 3 nitrogen and oxygen atoms in total. The van der Waals surface area contributed by atoms with E-state index in [1.54, 1.807) is 0 Å². The summed E-state index contributed by atoms with van der Waals surface area (Å²) in [5, 5.41) is 4.51. The Bertz CT molecular complexity index is 480. The maximum Gasteiger partial charge on any atom is 0.243 e. The van der Waals surface area contributed by atoms with Crippen molar-refractivity contribution in [3.8, 4) is 0 Å². The van der Waals surface area contributed by atoms with Gasteiger partial charge in [-0.05, 0) is 50.9 Å². The van der Waals surface area contributed by atoms with Crippen molar-refractivity contribution in [2.75, 3.05) is 0 Å². The number of carbonyl (C=O) groups excluding carboxylic acids is 1. The lowest BCUT2D eigenvalue weighted by Gasteiger charge is -2.40. The highest BCUT2D eigenvalue weighted by Crippen LogP contribution is 2.43. The quantitative estimate of drug-likeness (QED) is 0.417. The van der Waals surface area contributed by atoms with Crippen LogP contribution in [0.4, 0.5) is 0 Å². The van der Waals surface area contributed by atoms with Gasteiger partial charge in [0.1, 0.15) is 0 Å². The van der Waals surface area contributed by atoms with Gasteiger partial charge in [-0.2, -0.15) is 5.10 Å².